The van der Waals surface area contributed by atoms with Crippen molar-refractivity contribution in [3.8, 4) is 0 Å². The predicted molar refractivity (Wildman–Crippen MR) is 73.2 cm³/mol. The van der Waals surface area contributed by atoms with Gasteiger partial charge in [-0.1, -0.05) is 33.3 Å². The first-order valence-electron chi connectivity index (χ1n) is 6.72. The number of hydrogen-bond donors (Lipinski definition) is 0. The smallest absolute Gasteiger partial charge is 0.375 e. The summed E-state index contributed by atoms with van der Waals surface area (Å²) >= 11 is 0. The van der Waals surface area contributed by atoms with E-state index in [0.717, 1.165) is 12.8 Å². The van der Waals surface area contributed by atoms with Crippen molar-refractivity contribution in [2.24, 2.45) is 17.8 Å². The summed E-state index contributed by atoms with van der Waals surface area (Å²) in [6, 6.07) is 0. The SMILES string of the molecule is C=C[C@@H](CCC)[C@@H](C(=O)C(=O)OC(C)C)C(C)C. The van der Waals surface area contributed by atoms with Gasteiger partial charge in [-0.15, -0.1) is 6.58 Å². The monoisotopic (exact) mass is 254 g/mol. The average molecular weight is 254 g/mol. The highest BCUT2D eigenvalue weighted by Crippen LogP contribution is 2.27. The molecule has 104 valence electrons. The van der Waals surface area contributed by atoms with E-state index in [1.807, 2.05) is 13.8 Å². The first-order chi connectivity index (χ1) is 8.34. The molecular weight excluding hydrogens is 228 g/mol. The van der Waals surface area contributed by atoms with Crippen molar-refractivity contribution in [1.29, 1.82) is 0 Å². The summed E-state index contributed by atoms with van der Waals surface area (Å²) < 4.78 is 4.99. The van der Waals surface area contributed by atoms with Gasteiger partial charge >= 0.3 is 5.97 Å². The minimum Gasteiger partial charge on any atom is -0.457 e. The van der Waals surface area contributed by atoms with Crippen LogP contribution in [0, 0.1) is 17.8 Å². The first kappa shape index (κ1) is 16.9. The fourth-order valence-electron chi connectivity index (χ4n) is 2.18. The molecule has 0 aliphatic heterocycles. The maximum absolute atomic E-state index is 12.2. The summed E-state index contributed by atoms with van der Waals surface area (Å²) in [7, 11) is 0. The lowest BCUT2D eigenvalue weighted by atomic mass is 9.78. The number of carbonyl (C=O) groups excluding carboxylic acids is 2. The molecule has 0 amide bonds. The Balaban J connectivity index is 4.93. The Bertz CT molecular complexity index is 292. The van der Waals surface area contributed by atoms with Gasteiger partial charge < -0.3 is 4.74 Å². The summed E-state index contributed by atoms with van der Waals surface area (Å²) in [4.78, 5) is 23.9. The van der Waals surface area contributed by atoms with Crippen LogP contribution in [-0.2, 0) is 14.3 Å². The molecule has 18 heavy (non-hydrogen) atoms. The number of carbonyl (C=O) groups is 2. The van der Waals surface area contributed by atoms with Crippen LogP contribution in [0.3, 0.4) is 0 Å². The second-order valence-corrected chi connectivity index (χ2v) is 5.28. The van der Waals surface area contributed by atoms with Gasteiger partial charge in [0.25, 0.3) is 0 Å². The largest absolute Gasteiger partial charge is 0.457 e. The van der Waals surface area contributed by atoms with Gasteiger partial charge in [0.2, 0.25) is 5.78 Å². The molecule has 0 N–H and O–H groups in total. The molecule has 0 aromatic rings. The van der Waals surface area contributed by atoms with Crippen molar-refractivity contribution in [2.45, 2.75) is 53.6 Å². The van der Waals surface area contributed by atoms with E-state index in [4.69, 9.17) is 4.74 Å². The molecule has 0 rings (SSSR count). The van der Waals surface area contributed by atoms with Crippen molar-refractivity contribution in [2.75, 3.05) is 0 Å². The normalized spacial score (nSPS) is 14.4. The average Bonchev–Trinajstić information content (AvgIpc) is 2.26. The number of rotatable bonds is 8. The third kappa shape index (κ3) is 5.03. The van der Waals surface area contributed by atoms with Gasteiger partial charge in [-0.3, -0.25) is 4.79 Å². The highest BCUT2D eigenvalue weighted by atomic mass is 16.5. The number of Topliss-reactive ketones (excluding diaryl/α,β-unsaturated/α-hetero) is 1. The molecular formula is C15H26O3. The lowest BCUT2D eigenvalue weighted by molar-refractivity contribution is -0.159. The van der Waals surface area contributed by atoms with Gasteiger partial charge in [-0.25, -0.2) is 4.79 Å². The maximum Gasteiger partial charge on any atom is 0.375 e. The van der Waals surface area contributed by atoms with Crippen molar-refractivity contribution >= 4 is 11.8 Å². The summed E-state index contributed by atoms with van der Waals surface area (Å²) in [5.41, 5.74) is 0. The fraction of sp³-hybridized carbons (Fsp3) is 0.733. The second-order valence-electron chi connectivity index (χ2n) is 5.28. The molecule has 0 saturated heterocycles. The Morgan fingerprint density at radius 2 is 1.78 bits per heavy atom. The summed E-state index contributed by atoms with van der Waals surface area (Å²) in [5, 5.41) is 0. The maximum atomic E-state index is 12.2. The van der Waals surface area contributed by atoms with Crippen LogP contribution in [0.1, 0.15) is 47.5 Å². The van der Waals surface area contributed by atoms with Crippen LogP contribution < -0.4 is 0 Å². The van der Waals surface area contributed by atoms with Gasteiger partial charge in [0.05, 0.1) is 6.10 Å². The van der Waals surface area contributed by atoms with E-state index in [2.05, 4.69) is 13.5 Å². The van der Waals surface area contributed by atoms with E-state index < -0.39 is 11.8 Å². The molecule has 0 unspecified atom stereocenters. The third-order valence-corrected chi connectivity index (χ3v) is 2.95. The quantitative estimate of drug-likeness (QED) is 0.379. The zero-order chi connectivity index (χ0) is 14.3. The van der Waals surface area contributed by atoms with E-state index in [9.17, 15) is 9.59 Å². The zero-order valence-electron chi connectivity index (χ0n) is 12.2. The van der Waals surface area contributed by atoms with Crippen molar-refractivity contribution in [1.82, 2.24) is 0 Å². The number of hydrogen-bond acceptors (Lipinski definition) is 3. The Hall–Kier alpha value is -1.12. The fourth-order valence-corrected chi connectivity index (χ4v) is 2.18. The number of ketones is 1. The molecule has 3 nitrogen and oxygen atoms in total. The lowest BCUT2D eigenvalue weighted by Gasteiger charge is -2.26. The van der Waals surface area contributed by atoms with E-state index in [1.165, 1.54) is 0 Å². The van der Waals surface area contributed by atoms with Crippen LogP contribution >= 0.6 is 0 Å². The van der Waals surface area contributed by atoms with Crippen LogP contribution in [0.25, 0.3) is 0 Å². The van der Waals surface area contributed by atoms with Gasteiger partial charge in [-0.05, 0) is 32.1 Å². The number of ether oxygens (including phenoxy) is 1. The molecule has 0 heterocycles. The topological polar surface area (TPSA) is 43.4 Å². The molecule has 0 radical (unpaired) electrons. The summed E-state index contributed by atoms with van der Waals surface area (Å²) in [5.74, 6) is -1.31. The van der Waals surface area contributed by atoms with Gasteiger partial charge in [0.15, 0.2) is 0 Å². The van der Waals surface area contributed by atoms with Crippen LogP contribution in [0.15, 0.2) is 12.7 Å². The van der Waals surface area contributed by atoms with E-state index in [0.29, 0.717) is 0 Å². The second kappa shape index (κ2) is 8.06. The highest BCUT2D eigenvalue weighted by molar-refractivity contribution is 6.34. The molecule has 0 aliphatic rings. The number of esters is 1. The van der Waals surface area contributed by atoms with Crippen LogP contribution in [0.4, 0.5) is 0 Å². The Kier molecular flexibility index (Phi) is 7.56. The molecule has 3 heteroatoms. The standard InChI is InChI=1S/C15H26O3/c1-7-9-12(8-2)13(10(3)4)14(16)15(17)18-11(5)6/h8,10-13H,2,7,9H2,1,3-6H3/t12-,13-/m0/s1. The summed E-state index contributed by atoms with van der Waals surface area (Å²) in [6.07, 6.45) is 3.36. The van der Waals surface area contributed by atoms with Gasteiger partial charge in [0.1, 0.15) is 0 Å². The third-order valence-electron chi connectivity index (χ3n) is 2.95. The lowest BCUT2D eigenvalue weighted by Crippen LogP contribution is -2.35. The van der Waals surface area contributed by atoms with E-state index >= 15 is 0 Å². The predicted octanol–water partition coefficient (Wildman–Crippen LogP) is 3.38. The highest BCUT2D eigenvalue weighted by Gasteiger charge is 2.34. The molecule has 0 aromatic carbocycles. The Labute approximate surface area is 111 Å². The zero-order valence-corrected chi connectivity index (χ0v) is 12.2. The van der Waals surface area contributed by atoms with Crippen molar-refractivity contribution in [3.63, 3.8) is 0 Å². The van der Waals surface area contributed by atoms with E-state index in [1.54, 1.807) is 19.9 Å². The van der Waals surface area contributed by atoms with Crippen molar-refractivity contribution in [3.05, 3.63) is 12.7 Å². The molecule has 0 saturated carbocycles. The van der Waals surface area contributed by atoms with Crippen molar-refractivity contribution < 1.29 is 14.3 Å². The minimum absolute atomic E-state index is 0.0437. The van der Waals surface area contributed by atoms with Gasteiger partial charge in [-0.2, -0.15) is 0 Å². The molecule has 0 spiro atoms. The summed E-state index contributed by atoms with van der Waals surface area (Å²) in [6.45, 7) is 13.2. The van der Waals surface area contributed by atoms with Crippen LogP contribution in [0.2, 0.25) is 0 Å². The van der Waals surface area contributed by atoms with Crippen LogP contribution in [-0.4, -0.2) is 17.9 Å². The number of allylic oxidation sites excluding steroid dienone is 1. The molecule has 2 atom stereocenters. The molecule has 0 aliphatic carbocycles. The van der Waals surface area contributed by atoms with Crippen LogP contribution in [0.5, 0.6) is 0 Å². The van der Waals surface area contributed by atoms with Gasteiger partial charge in [0, 0.05) is 5.92 Å². The molecule has 0 aromatic heterocycles. The Morgan fingerprint density at radius 1 is 1.22 bits per heavy atom. The van der Waals surface area contributed by atoms with E-state index in [-0.39, 0.29) is 23.9 Å². The molecule has 0 fully saturated rings. The first-order valence-corrected chi connectivity index (χ1v) is 6.72. The minimum atomic E-state index is -0.716. The molecule has 0 bridgehead atoms. The Morgan fingerprint density at radius 3 is 2.11 bits per heavy atom.